The second-order valence-corrected chi connectivity index (χ2v) is 6.76. The zero-order valence-corrected chi connectivity index (χ0v) is 13.5. The number of ether oxygens (including phenoxy) is 1. The molecule has 1 aromatic carbocycles. The van der Waals surface area contributed by atoms with E-state index in [0.717, 1.165) is 26.2 Å². The summed E-state index contributed by atoms with van der Waals surface area (Å²) in [6.45, 7) is 2.56. The second-order valence-electron chi connectivity index (χ2n) is 4.57. The first kappa shape index (κ1) is 15.8. The van der Waals surface area contributed by atoms with E-state index in [-0.39, 0.29) is 12.1 Å². The predicted octanol–water partition coefficient (Wildman–Crippen LogP) is 5.05. The molecule has 0 saturated carbocycles. The van der Waals surface area contributed by atoms with Gasteiger partial charge in [0, 0.05) is 15.9 Å². The number of hydrogen-bond donors (Lipinski definition) is 1. The van der Waals surface area contributed by atoms with Crippen LogP contribution in [0, 0.1) is 0 Å². The lowest BCUT2D eigenvalue weighted by Crippen LogP contribution is -2.29. The summed E-state index contributed by atoms with van der Waals surface area (Å²) in [5, 5.41) is 0.723. The lowest BCUT2D eigenvalue weighted by molar-refractivity contribution is 0.0236. The molecule has 1 heterocycles. The maximum atomic E-state index is 6.16. The Morgan fingerprint density at radius 2 is 1.85 bits per heavy atom. The summed E-state index contributed by atoms with van der Waals surface area (Å²) < 4.78 is 6.76. The number of benzene rings is 1. The third-order valence-corrected chi connectivity index (χ3v) is 4.62. The molecule has 2 unspecified atom stereocenters. The van der Waals surface area contributed by atoms with Crippen LogP contribution in [-0.2, 0) is 11.3 Å². The summed E-state index contributed by atoms with van der Waals surface area (Å²) in [6.07, 6.45) is 0.717. The van der Waals surface area contributed by atoms with Crippen LogP contribution in [0.4, 0.5) is 0 Å². The average molecular weight is 330 g/mol. The first-order chi connectivity index (χ1) is 9.60. The van der Waals surface area contributed by atoms with Crippen LogP contribution in [0.25, 0.3) is 0 Å². The molecule has 5 heteroatoms. The van der Waals surface area contributed by atoms with Crippen LogP contribution in [0.5, 0.6) is 0 Å². The van der Waals surface area contributed by atoms with Crippen LogP contribution < -0.4 is 5.73 Å². The fourth-order valence-corrected chi connectivity index (χ4v) is 3.19. The number of hydrogen-bond acceptors (Lipinski definition) is 3. The van der Waals surface area contributed by atoms with E-state index in [9.17, 15) is 0 Å². The molecule has 0 radical (unpaired) electrons. The molecule has 0 aliphatic heterocycles. The van der Waals surface area contributed by atoms with E-state index in [1.807, 2.05) is 36.4 Å². The van der Waals surface area contributed by atoms with Crippen molar-refractivity contribution in [2.45, 2.75) is 32.1 Å². The van der Waals surface area contributed by atoms with Crippen molar-refractivity contribution in [2.75, 3.05) is 0 Å². The number of halogens is 2. The van der Waals surface area contributed by atoms with Gasteiger partial charge in [0.05, 0.1) is 10.9 Å². The predicted molar refractivity (Wildman–Crippen MR) is 86.6 cm³/mol. The lowest BCUT2D eigenvalue weighted by Gasteiger charge is -2.22. The van der Waals surface area contributed by atoms with Gasteiger partial charge in [0.15, 0.2) is 0 Å². The van der Waals surface area contributed by atoms with Crippen LogP contribution in [-0.4, -0.2) is 6.04 Å². The highest BCUT2D eigenvalue weighted by atomic mass is 35.5. The first-order valence-corrected chi connectivity index (χ1v) is 8.04. The SMILES string of the molecule is CCC(N)C(OCc1ccc(Cl)cc1)c1ccc(Cl)s1. The van der Waals surface area contributed by atoms with Crippen molar-refractivity contribution in [2.24, 2.45) is 5.73 Å². The molecule has 0 aliphatic carbocycles. The van der Waals surface area contributed by atoms with Gasteiger partial charge >= 0.3 is 0 Å². The van der Waals surface area contributed by atoms with E-state index in [1.54, 1.807) is 0 Å². The molecule has 2 N–H and O–H groups in total. The highest BCUT2D eigenvalue weighted by molar-refractivity contribution is 7.16. The van der Waals surface area contributed by atoms with Gasteiger partial charge in [0.2, 0.25) is 0 Å². The van der Waals surface area contributed by atoms with Gasteiger partial charge in [0.25, 0.3) is 0 Å². The molecule has 0 spiro atoms. The van der Waals surface area contributed by atoms with E-state index in [1.165, 1.54) is 11.3 Å². The maximum Gasteiger partial charge on any atom is 0.107 e. The summed E-state index contributed by atoms with van der Waals surface area (Å²) in [5.41, 5.74) is 7.24. The smallest absolute Gasteiger partial charge is 0.107 e. The highest BCUT2D eigenvalue weighted by Gasteiger charge is 2.21. The molecule has 2 atom stereocenters. The van der Waals surface area contributed by atoms with Gasteiger partial charge in [0.1, 0.15) is 6.10 Å². The first-order valence-electron chi connectivity index (χ1n) is 6.47. The standard InChI is InChI=1S/C15H17Cl2NOS/c1-2-12(18)15(13-7-8-14(17)20-13)19-9-10-3-5-11(16)6-4-10/h3-8,12,15H,2,9,18H2,1H3. The normalized spacial score (nSPS) is 14.2. The van der Waals surface area contributed by atoms with Gasteiger partial charge in [-0.1, -0.05) is 42.3 Å². The molecule has 2 nitrogen and oxygen atoms in total. The molecule has 20 heavy (non-hydrogen) atoms. The zero-order valence-electron chi connectivity index (χ0n) is 11.2. The Morgan fingerprint density at radius 3 is 2.40 bits per heavy atom. The van der Waals surface area contributed by atoms with Gasteiger partial charge in [-0.15, -0.1) is 11.3 Å². The molecule has 0 saturated heterocycles. The van der Waals surface area contributed by atoms with Crippen molar-refractivity contribution in [1.29, 1.82) is 0 Å². The molecule has 0 bridgehead atoms. The van der Waals surface area contributed by atoms with Crippen LogP contribution in [0.2, 0.25) is 9.36 Å². The largest absolute Gasteiger partial charge is 0.366 e. The van der Waals surface area contributed by atoms with Gasteiger partial charge in [-0.05, 0) is 36.2 Å². The van der Waals surface area contributed by atoms with Crippen molar-refractivity contribution in [3.8, 4) is 0 Å². The monoisotopic (exact) mass is 329 g/mol. The Kier molecular flexibility index (Phi) is 5.87. The van der Waals surface area contributed by atoms with Crippen molar-refractivity contribution < 1.29 is 4.74 Å². The fraction of sp³-hybridized carbons (Fsp3) is 0.333. The molecule has 0 amide bonds. The van der Waals surface area contributed by atoms with Crippen LogP contribution in [0.3, 0.4) is 0 Å². The van der Waals surface area contributed by atoms with Crippen molar-refractivity contribution >= 4 is 34.5 Å². The average Bonchev–Trinajstić information content (AvgIpc) is 2.87. The van der Waals surface area contributed by atoms with Crippen molar-refractivity contribution in [3.63, 3.8) is 0 Å². The Bertz CT molecular complexity index is 541. The topological polar surface area (TPSA) is 35.2 Å². The summed E-state index contributed by atoms with van der Waals surface area (Å²) >= 11 is 13.4. The summed E-state index contributed by atoms with van der Waals surface area (Å²) in [4.78, 5) is 1.07. The summed E-state index contributed by atoms with van der Waals surface area (Å²) in [5.74, 6) is 0. The van der Waals surface area contributed by atoms with Crippen LogP contribution >= 0.6 is 34.5 Å². The summed E-state index contributed by atoms with van der Waals surface area (Å²) in [6, 6.07) is 11.4. The van der Waals surface area contributed by atoms with Crippen LogP contribution in [0.15, 0.2) is 36.4 Å². The van der Waals surface area contributed by atoms with Gasteiger partial charge in [-0.25, -0.2) is 0 Å². The molecule has 0 fully saturated rings. The number of rotatable bonds is 6. The third-order valence-electron chi connectivity index (χ3n) is 3.08. The quantitative estimate of drug-likeness (QED) is 0.804. The molecule has 2 rings (SSSR count). The minimum absolute atomic E-state index is 0.0444. The van der Waals surface area contributed by atoms with E-state index in [4.69, 9.17) is 33.7 Å². The summed E-state index contributed by atoms with van der Waals surface area (Å²) in [7, 11) is 0. The third kappa shape index (κ3) is 4.21. The zero-order chi connectivity index (χ0) is 14.5. The molecular weight excluding hydrogens is 313 g/mol. The Morgan fingerprint density at radius 1 is 1.15 bits per heavy atom. The lowest BCUT2D eigenvalue weighted by atomic mass is 10.1. The van der Waals surface area contributed by atoms with Crippen LogP contribution in [0.1, 0.15) is 29.9 Å². The number of nitrogens with two attached hydrogens (primary N) is 1. The van der Waals surface area contributed by atoms with E-state index in [0.29, 0.717) is 6.61 Å². The van der Waals surface area contributed by atoms with Crippen molar-refractivity contribution in [1.82, 2.24) is 0 Å². The molecule has 108 valence electrons. The molecular formula is C15H17Cl2NOS. The Balaban J connectivity index is 2.06. The molecule has 0 aliphatic rings. The minimum Gasteiger partial charge on any atom is -0.366 e. The maximum absolute atomic E-state index is 6.16. The Labute approximate surface area is 133 Å². The highest BCUT2D eigenvalue weighted by Crippen LogP contribution is 2.32. The second kappa shape index (κ2) is 7.43. The van der Waals surface area contributed by atoms with E-state index < -0.39 is 0 Å². The molecule has 2 aromatic rings. The molecule has 1 aromatic heterocycles. The van der Waals surface area contributed by atoms with E-state index in [2.05, 4.69) is 6.92 Å². The van der Waals surface area contributed by atoms with Gasteiger partial charge in [-0.3, -0.25) is 0 Å². The number of thiophene rings is 1. The Hall–Kier alpha value is -0.580. The van der Waals surface area contributed by atoms with Crippen molar-refractivity contribution in [3.05, 3.63) is 56.2 Å². The van der Waals surface area contributed by atoms with E-state index >= 15 is 0 Å². The fourth-order valence-electron chi connectivity index (χ4n) is 1.88. The van der Waals surface area contributed by atoms with Gasteiger partial charge in [-0.2, -0.15) is 0 Å². The minimum atomic E-state index is -0.131. The van der Waals surface area contributed by atoms with Gasteiger partial charge < -0.3 is 10.5 Å².